The Hall–Kier alpha value is -1.94. The van der Waals surface area contributed by atoms with Crippen molar-refractivity contribution in [3.8, 4) is 0 Å². The van der Waals surface area contributed by atoms with Gasteiger partial charge in [0, 0.05) is 31.2 Å². The van der Waals surface area contributed by atoms with Gasteiger partial charge in [-0.3, -0.25) is 0 Å². The summed E-state index contributed by atoms with van der Waals surface area (Å²) in [6.07, 6.45) is 4.99. The molecule has 2 aromatic rings. The zero-order valence-corrected chi connectivity index (χ0v) is 12.1. The third-order valence-electron chi connectivity index (χ3n) is 3.89. The highest BCUT2D eigenvalue weighted by Crippen LogP contribution is 2.38. The Morgan fingerprint density at radius 2 is 2.00 bits per heavy atom. The molecule has 1 aliphatic carbocycles. The number of hydrogen-bond acceptors (Lipinski definition) is 4. The van der Waals surface area contributed by atoms with Crippen LogP contribution in [0.5, 0.6) is 0 Å². The highest BCUT2D eigenvalue weighted by molar-refractivity contribution is 5.35. The van der Waals surface area contributed by atoms with E-state index in [0.29, 0.717) is 5.92 Å². The molecule has 110 valence electrons. The van der Waals surface area contributed by atoms with E-state index in [-0.39, 0.29) is 12.5 Å². The van der Waals surface area contributed by atoms with E-state index in [1.54, 1.807) is 0 Å². The number of nitrogens with zero attached hydrogens (tertiary/aromatic N) is 2. The maximum absolute atomic E-state index is 9.27. The van der Waals surface area contributed by atoms with Crippen LogP contribution in [-0.4, -0.2) is 28.2 Å². The summed E-state index contributed by atoms with van der Waals surface area (Å²) >= 11 is 0. The third kappa shape index (κ3) is 3.79. The quantitative estimate of drug-likeness (QED) is 0.820. The van der Waals surface area contributed by atoms with Gasteiger partial charge in [-0.25, -0.2) is 9.97 Å². The first-order valence-electron chi connectivity index (χ1n) is 7.59. The predicted octanol–water partition coefficient (Wildman–Crippen LogP) is 2.93. The van der Waals surface area contributed by atoms with Crippen LogP contribution in [0.3, 0.4) is 0 Å². The Kier molecular flexibility index (Phi) is 4.46. The van der Waals surface area contributed by atoms with Crippen molar-refractivity contribution in [1.82, 2.24) is 9.97 Å². The van der Waals surface area contributed by atoms with Crippen LogP contribution < -0.4 is 5.32 Å². The normalized spacial score (nSPS) is 15.7. The fraction of sp³-hybridized carbons (Fsp3) is 0.412. The van der Waals surface area contributed by atoms with E-state index < -0.39 is 0 Å². The molecule has 4 heteroatoms. The Morgan fingerprint density at radius 3 is 2.71 bits per heavy atom. The van der Waals surface area contributed by atoms with E-state index in [1.807, 2.05) is 30.5 Å². The first-order valence-corrected chi connectivity index (χ1v) is 7.59. The third-order valence-corrected chi connectivity index (χ3v) is 3.89. The molecular weight excluding hydrogens is 262 g/mol. The molecule has 1 aliphatic rings. The van der Waals surface area contributed by atoms with Crippen molar-refractivity contribution in [1.29, 1.82) is 0 Å². The largest absolute Gasteiger partial charge is 0.396 e. The molecule has 0 radical (unpaired) electrons. The van der Waals surface area contributed by atoms with Gasteiger partial charge in [0.25, 0.3) is 0 Å². The summed E-state index contributed by atoms with van der Waals surface area (Å²) in [6, 6.07) is 12.2. The van der Waals surface area contributed by atoms with Gasteiger partial charge in [0.15, 0.2) is 0 Å². The van der Waals surface area contributed by atoms with Crippen LogP contribution in [0.2, 0.25) is 0 Å². The zero-order valence-electron chi connectivity index (χ0n) is 12.1. The van der Waals surface area contributed by atoms with Gasteiger partial charge in [-0.15, -0.1) is 0 Å². The number of anilines is 1. The Labute approximate surface area is 125 Å². The van der Waals surface area contributed by atoms with Gasteiger partial charge in [-0.1, -0.05) is 30.3 Å². The van der Waals surface area contributed by atoms with Crippen LogP contribution in [0.25, 0.3) is 0 Å². The Bertz CT molecular complexity index is 569. The molecule has 1 aromatic carbocycles. The molecule has 1 saturated carbocycles. The number of aliphatic hydroxyl groups excluding tert-OH is 1. The maximum atomic E-state index is 9.27. The van der Waals surface area contributed by atoms with E-state index >= 15 is 0 Å². The second-order valence-corrected chi connectivity index (χ2v) is 5.58. The van der Waals surface area contributed by atoms with Crippen LogP contribution >= 0.6 is 0 Å². The monoisotopic (exact) mass is 283 g/mol. The standard InChI is InChI=1S/C17H21N3O/c21-11-9-15(13-4-2-1-3-5-13)12-19-16-8-10-18-17(20-16)14-6-7-14/h1-5,8,10,14-15,21H,6-7,9,11-12H2,(H,18,19,20). The molecule has 21 heavy (non-hydrogen) atoms. The van der Waals surface area contributed by atoms with Crippen molar-refractivity contribution < 1.29 is 5.11 Å². The smallest absolute Gasteiger partial charge is 0.133 e. The summed E-state index contributed by atoms with van der Waals surface area (Å²) in [5.41, 5.74) is 1.25. The summed E-state index contributed by atoms with van der Waals surface area (Å²) in [5.74, 6) is 2.69. The van der Waals surface area contributed by atoms with Crippen molar-refractivity contribution in [2.45, 2.75) is 31.1 Å². The SMILES string of the molecule is OCCC(CNc1ccnc(C2CC2)n1)c1ccccc1. The van der Waals surface area contributed by atoms with Crippen LogP contribution in [-0.2, 0) is 0 Å². The van der Waals surface area contributed by atoms with E-state index in [9.17, 15) is 5.11 Å². The molecule has 0 spiro atoms. The predicted molar refractivity (Wildman–Crippen MR) is 83.4 cm³/mol. The summed E-state index contributed by atoms with van der Waals surface area (Å²) in [5, 5.41) is 12.7. The van der Waals surface area contributed by atoms with Crippen molar-refractivity contribution in [3.63, 3.8) is 0 Å². The molecule has 1 aromatic heterocycles. The van der Waals surface area contributed by atoms with E-state index in [4.69, 9.17) is 0 Å². The minimum absolute atomic E-state index is 0.193. The lowest BCUT2D eigenvalue weighted by atomic mass is 9.96. The molecule has 0 amide bonds. The molecule has 0 aliphatic heterocycles. The molecule has 4 nitrogen and oxygen atoms in total. The topological polar surface area (TPSA) is 58.0 Å². The summed E-state index contributed by atoms with van der Waals surface area (Å²) in [4.78, 5) is 8.91. The minimum Gasteiger partial charge on any atom is -0.396 e. The average Bonchev–Trinajstić information content (AvgIpc) is 3.37. The van der Waals surface area contributed by atoms with Crippen LogP contribution in [0, 0.1) is 0 Å². The number of aliphatic hydroxyl groups is 1. The second-order valence-electron chi connectivity index (χ2n) is 5.58. The molecule has 0 saturated heterocycles. The minimum atomic E-state index is 0.193. The zero-order chi connectivity index (χ0) is 14.5. The molecule has 2 N–H and O–H groups in total. The average molecular weight is 283 g/mol. The van der Waals surface area contributed by atoms with Crippen LogP contribution in [0.1, 0.15) is 42.5 Å². The van der Waals surface area contributed by atoms with E-state index in [0.717, 1.165) is 24.6 Å². The summed E-state index contributed by atoms with van der Waals surface area (Å²) < 4.78 is 0. The van der Waals surface area contributed by atoms with Crippen LogP contribution in [0.4, 0.5) is 5.82 Å². The number of hydrogen-bond donors (Lipinski definition) is 2. The molecule has 1 unspecified atom stereocenters. The van der Waals surface area contributed by atoms with Gasteiger partial charge in [0.1, 0.15) is 11.6 Å². The number of rotatable bonds is 7. The van der Waals surface area contributed by atoms with Gasteiger partial charge >= 0.3 is 0 Å². The number of benzene rings is 1. The number of aromatic nitrogens is 2. The van der Waals surface area contributed by atoms with Gasteiger partial charge < -0.3 is 10.4 Å². The molecule has 1 heterocycles. The summed E-state index contributed by atoms with van der Waals surface area (Å²) in [7, 11) is 0. The van der Waals surface area contributed by atoms with Crippen molar-refractivity contribution >= 4 is 5.82 Å². The molecule has 1 fully saturated rings. The molecule has 1 atom stereocenters. The lowest BCUT2D eigenvalue weighted by Crippen LogP contribution is -2.15. The number of nitrogens with one attached hydrogen (secondary N) is 1. The van der Waals surface area contributed by atoms with Gasteiger partial charge in [-0.2, -0.15) is 0 Å². The van der Waals surface area contributed by atoms with Gasteiger partial charge in [0.2, 0.25) is 0 Å². The lowest BCUT2D eigenvalue weighted by molar-refractivity contribution is 0.277. The summed E-state index contributed by atoms with van der Waals surface area (Å²) in [6.45, 7) is 0.962. The first kappa shape index (κ1) is 14.0. The maximum Gasteiger partial charge on any atom is 0.133 e. The first-order chi connectivity index (χ1) is 10.4. The van der Waals surface area contributed by atoms with Crippen LogP contribution in [0.15, 0.2) is 42.6 Å². The highest BCUT2D eigenvalue weighted by atomic mass is 16.3. The van der Waals surface area contributed by atoms with Gasteiger partial charge in [0.05, 0.1) is 0 Å². The van der Waals surface area contributed by atoms with Crippen molar-refractivity contribution in [2.24, 2.45) is 0 Å². The molecular formula is C17H21N3O. The fourth-order valence-electron chi connectivity index (χ4n) is 2.51. The lowest BCUT2D eigenvalue weighted by Gasteiger charge is -2.17. The van der Waals surface area contributed by atoms with E-state index in [1.165, 1.54) is 18.4 Å². The van der Waals surface area contributed by atoms with E-state index in [2.05, 4.69) is 27.4 Å². The Morgan fingerprint density at radius 1 is 1.19 bits per heavy atom. The molecule has 3 rings (SSSR count). The second kappa shape index (κ2) is 6.68. The van der Waals surface area contributed by atoms with Crippen molar-refractivity contribution in [2.75, 3.05) is 18.5 Å². The highest BCUT2D eigenvalue weighted by Gasteiger charge is 2.26. The Balaban J connectivity index is 1.65. The molecule has 0 bridgehead atoms. The van der Waals surface area contributed by atoms with Crippen molar-refractivity contribution in [3.05, 3.63) is 54.0 Å². The van der Waals surface area contributed by atoms with Gasteiger partial charge in [-0.05, 0) is 30.9 Å². The fourth-order valence-corrected chi connectivity index (χ4v) is 2.51.